The SMILES string of the molecule is C.C.COC(=O)C1C(O)CC2CCC1[NH+]2C.COC(=O)C1C(O)CC2CCC1[NH+]2C.COC(=O)C1C(OC(=O)c2ccccc2)CC2CCC1[NH+]2C.COC(=O)C1C(OC(=O)c2ccccc2)CC2CCC1[NH+]2C.O.O.O=C(O)c1ccccc1.O=C(O)c1ccccc1. The Bertz CT molecular complexity index is 2820. The molecule has 8 aliphatic rings. The van der Waals surface area contributed by atoms with Gasteiger partial charge < -0.3 is 79.4 Å². The average molecular weight is 1320 g/mol. The monoisotopic (exact) mass is 1320 g/mol. The third kappa shape index (κ3) is 19.7. The van der Waals surface area contributed by atoms with Crippen molar-refractivity contribution >= 4 is 47.8 Å². The van der Waals surface area contributed by atoms with Crippen molar-refractivity contribution in [3.63, 3.8) is 0 Å². The summed E-state index contributed by atoms with van der Waals surface area (Å²) in [4.78, 5) is 98.0. The number of fused-ring (bicyclic) bond motifs is 8. The molecule has 0 aromatic heterocycles. The number of aliphatic hydroxyl groups excluding tert-OH is 2. The Morgan fingerprint density at radius 3 is 0.809 bits per heavy atom. The van der Waals surface area contributed by atoms with Crippen LogP contribution in [0.4, 0.5) is 0 Å². The van der Waals surface area contributed by atoms with Crippen LogP contribution in [-0.4, -0.2) is 209 Å². The lowest BCUT2D eigenvalue weighted by atomic mass is 9.87. The van der Waals surface area contributed by atoms with E-state index in [1.54, 1.807) is 109 Å². The summed E-state index contributed by atoms with van der Waals surface area (Å²) in [5.74, 6) is -4.86. The number of quaternary nitrogens is 4. The first kappa shape index (κ1) is 80.6. The zero-order valence-corrected chi connectivity index (χ0v) is 53.8. The molecule has 4 aromatic carbocycles. The van der Waals surface area contributed by atoms with E-state index < -0.39 is 24.1 Å². The highest BCUT2D eigenvalue weighted by Gasteiger charge is 2.57. The smallest absolute Gasteiger partial charge is 0.338 e. The maximum absolute atomic E-state index is 12.3. The number of aromatic carboxylic acids is 2. The van der Waals surface area contributed by atoms with E-state index >= 15 is 0 Å². The molecule has 0 spiro atoms. The largest absolute Gasteiger partial charge is 0.478 e. The van der Waals surface area contributed by atoms with Crippen LogP contribution in [0.25, 0.3) is 0 Å². The predicted octanol–water partition coefficient (Wildman–Crippen LogP) is 0.465. The third-order valence-electron chi connectivity index (χ3n) is 20.1. The van der Waals surface area contributed by atoms with Crippen molar-refractivity contribution in [3.05, 3.63) is 144 Å². The molecule has 8 fully saturated rings. The van der Waals surface area contributed by atoms with Crippen molar-refractivity contribution in [3.8, 4) is 0 Å². The van der Waals surface area contributed by atoms with Gasteiger partial charge in [-0.2, -0.15) is 0 Å². The summed E-state index contributed by atoms with van der Waals surface area (Å²) in [5.41, 5.74) is 1.70. The summed E-state index contributed by atoms with van der Waals surface area (Å²) in [6.07, 6.45) is 9.59. The zero-order chi connectivity index (χ0) is 65.3. The van der Waals surface area contributed by atoms with Crippen molar-refractivity contribution < 1.29 is 118 Å². The normalized spacial score (nSPS) is 31.1. The van der Waals surface area contributed by atoms with Crippen LogP contribution in [0.15, 0.2) is 121 Å². The molecule has 94 heavy (non-hydrogen) atoms. The summed E-state index contributed by atoms with van der Waals surface area (Å²) in [6.45, 7) is 0. The van der Waals surface area contributed by atoms with Gasteiger partial charge in [0.1, 0.15) is 60.0 Å². The topological polar surface area (TPSA) is 354 Å². The number of nitrogens with one attached hydrogen (secondary N) is 4. The van der Waals surface area contributed by atoms with E-state index in [9.17, 15) is 48.6 Å². The highest BCUT2D eigenvalue weighted by Crippen LogP contribution is 2.34. The summed E-state index contributed by atoms with van der Waals surface area (Å²) in [7, 11) is 14.1. The van der Waals surface area contributed by atoms with Crippen molar-refractivity contribution in [1.29, 1.82) is 0 Å². The Hall–Kier alpha value is -7.68. The number of carbonyl (C=O) groups is 8. The van der Waals surface area contributed by atoms with Crippen LogP contribution in [0.1, 0.15) is 133 Å². The minimum Gasteiger partial charge on any atom is -0.478 e. The van der Waals surface area contributed by atoms with Crippen molar-refractivity contribution in [2.75, 3.05) is 56.6 Å². The van der Waals surface area contributed by atoms with Gasteiger partial charge in [-0.25, -0.2) is 19.2 Å². The molecule has 8 aliphatic heterocycles. The van der Waals surface area contributed by atoms with E-state index in [2.05, 4.69) is 28.2 Å². The van der Waals surface area contributed by atoms with Gasteiger partial charge in [-0.05, 0) is 48.5 Å². The number of aliphatic hydroxyl groups is 2. The number of carbonyl (C=O) groups excluding carboxylic acids is 6. The molecule has 8 bridgehead atoms. The lowest BCUT2D eigenvalue weighted by molar-refractivity contribution is -0.926. The highest BCUT2D eigenvalue weighted by molar-refractivity contribution is 5.91. The molecule has 20 atom stereocenters. The fourth-order valence-electron chi connectivity index (χ4n) is 15.2. The summed E-state index contributed by atoms with van der Waals surface area (Å²) in [6, 6.07) is 37.3. The number of benzene rings is 4. The predicted molar refractivity (Wildman–Crippen MR) is 346 cm³/mol. The van der Waals surface area contributed by atoms with E-state index in [1.807, 2.05) is 12.1 Å². The minimum absolute atomic E-state index is 0. The van der Waals surface area contributed by atoms with Gasteiger partial charge in [-0.15, -0.1) is 0 Å². The third-order valence-corrected chi connectivity index (χ3v) is 20.1. The zero-order valence-electron chi connectivity index (χ0n) is 53.8. The molecule has 24 nitrogen and oxygen atoms in total. The number of carboxylic acid groups (broad SMARTS) is 2. The van der Waals surface area contributed by atoms with Crippen molar-refractivity contribution in [1.82, 2.24) is 0 Å². The lowest BCUT2D eigenvalue weighted by Gasteiger charge is -2.38. The molecule has 0 aliphatic carbocycles. The molecular weight excluding hydrogens is 1220 g/mol. The van der Waals surface area contributed by atoms with E-state index in [1.165, 1.54) is 48.0 Å². The first-order valence-corrected chi connectivity index (χ1v) is 31.2. The van der Waals surface area contributed by atoms with Gasteiger partial charge in [-0.3, -0.25) is 19.2 Å². The molecule has 4 aromatic rings. The minimum atomic E-state index is -0.879. The van der Waals surface area contributed by atoms with Gasteiger partial charge in [0.2, 0.25) is 0 Å². The Kier molecular flexibility index (Phi) is 32.6. The number of hydrogen-bond acceptors (Lipinski definition) is 16. The van der Waals surface area contributed by atoms with Crippen molar-refractivity contribution in [2.45, 2.75) is 165 Å². The molecule has 20 unspecified atom stereocenters. The van der Waals surface area contributed by atoms with Crippen LogP contribution in [0.3, 0.4) is 0 Å². The van der Waals surface area contributed by atoms with Gasteiger partial charge in [0, 0.05) is 77.0 Å². The van der Waals surface area contributed by atoms with Crippen LogP contribution < -0.4 is 19.6 Å². The first-order chi connectivity index (χ1) is 43.1. The molecule has 8 heterocycles. The maximum Gasteiger partial charge on any atom is 0.338 e. The van der Waals surface area contributed by atoms with Crippen LogP contribution in [0, 0.1) is 23.7 Å². The molecular formula is C70H104N4O20+4. The lowest BCUT2D eigenvalue weighted by Crippen LogP contribution is -3.16. The van der Waals surface area contributed by atoms with Crippen LogP contribution in [0.2, 0.25) is 0 Å². The number of carboxylic acids is 2. The molecule has 0 radical (unpaired) electrons. The Labute approximate surface area is 552 Å². The van der Waals surface area contributed by atoms with Gasteiger partial charge >= 0.3 is 47.8 Å². The van der Waals surface area contributed by atoms with Crippen LogP contribution >= 0.6 is 0 Å². The summed E-state index contributed by atoms with van der Waals surface area (Å²) < 4.78 is 30.8. The van der Waals surface area contributed by atoms with Crippen LogP contribution in [0.5, 0.6) is 0 Å². The van der Waals surface area contributed by atoms with Crippen molar-refractivity contribution in [2.24, 2.45) is 23.7 Å². The second-order valence-corrected chi connectivity index (χ2v) is 24.7. The van der Waals surface area contributed by atoms with E-state index in [-0.39, 0.29) is 122 Å². The maximum atomic E-state index is 12.3. The van der Waals surface area contributed by atoms with Gasteiger partial charge in [0.15, 0.2) is 0 Å². The molecule has 0 saturated carbocycles. The average Bonchev–Trinajstić information content (AvgIpc) is 1.62. The number of esters is 6. The fourth-order valence-corrected chi connectivity index (χ4v) is 15.2. The molecule has 12 rings (SSSR count). The van der Waals surface area contributed by atoms with Gasteiger partial charge in [0.25, 0.3) is 0 Å². The summed E-state index contributed by atoms with van der Waals surface area (Å²) in [5, 5.41) is 36.5. The standard InChI is InChI=1S/2C17H21NO4.2C10H17NO3.2C7H6O2.2CH4.2H2O/c2*1-18-12-8-9-13(18)15(17(20)21-2)14(10-12)22-16(19)11-6-4-3-5-7-11;2*1-11-6-3-4-7(11)9(8(12)5-6)10(13)14-2;2*8-7(9)6-4-2-1-3-5-6;;;;/h2*3-7,12-15H,8-10H2,1-2H3;2*6-9,12H,3-5H2,1-2H3;2*1-5H,(H,8,9);2*1H4;2*1H2/p+4. The second-order valence-electron chi connectivity index (χ2n) is 24.7. The number of methoxy groups -OCH3 is 4. The second kappa shape index (κ2) is 38.0. The van der Waals surface area contributed by atoms with Gasteiger partial charge in [-0.1, -0.05) is 87.6 Å². The Morgan fingerprint density at radius 1 is 0.351 bits per heavy atom. The fraction of sp³-hybridized carbons (Fsp3) is 0.543. The van der Waals surface area contributed by atoms with Gasteiger partial charge in [0.05, 0.1) is 115 Å². The molecule has 8 saturated heterocycles. The quantitative estimate of drug-likeness (QED) is 0.0790. The highest BCUT2D eigenvalue weighted by atomic mass is 16.6. The number of ether oxygens (including phenoxy) is 6. The Balaban J connectivity index is 0.000000301. The van der Waals surface area contributed by atoms with E-state index in [4.69, 9.17) is 38.6 Å². The number of rotatable bonds is 10. The molecule has 24 heteroatoms. The first-order valence-electron chi connectivity index (χ1n) is 31.2. The summed E-state index contributed by atoms with van der Waals surface area (Å²) >= 11 is 0. The Morgan fingerprint density at radius 2 is 0.574 bits per heavy atom. The van der Waals surface area contributed by atoms with E-state index in [0.717, 1.165) is 77.0 Å². The molecule has 520 valence electrons. The van der Waals surface area contributed by atoms with Crippen LogP contribution in [-0.2, 0) is 47.6 Å². The number of hydrogen-bond donors (Lipinski definition) is 8. The molecule has 12 N–H and O–H groups in total. The van der Waals surface area contributed by atoms with E-state index in [0.29, 0.717) is 46.4 Å². The molecule has 0 amide bonds. The number of piperidine rings is 4.